The maximum absolute atomic E-state index is 12.5. The van der Waals surface area contributed by atoms with E-state index in [1.807, 2.05) is 37.3 Å². The number of hydrogen-bond donors (Lipinski definition) is 2. The van der Waals surface area contributed by atoms with E-state index in [1.54, 1.807) is 24.3 Å². The number of benzene rings is 2. The summed E-state index contributed by atoms with van der Waals surface area (Å²) in [4.78, 5) is 36.4. The van der Waals surface area contributed by atoms with E-state index < -0.39 is 5.41 Å². The van der Waals surface area contributed by atoms with Crippen LogP contribution in [-0.4, -0.2) is 24.3 Å². The van der Waals surface area contributed by atoms with Gasteiger partial charge in [-0.25, -0.2) is 0 Å². The van der Waals surface area contributed by atoms with Crippen molar-refractivity contribution in [3.63, 3.8) is 0 Å². The average Bonchev–Trinajstić information content (AvgIpc) is 2.78. The largest absolute Gasteiger partial charge is 0.488 e. The Morgan fingerprint density at radius 1 is 1.22 bits per heavy atom. The first-order chi connectivity index (χ1) is 15.4. The number of hydrogen-bond acceptors (Lipinski definition) is 4. The molecule has 0 spiro atoms. The van der Waals surface area contributed by atoms with Crippen LogP contribution in [0.4, 0.5) is 5.69 Å². The van der Waals surface area contributed by atoms with E-state index in [4.69, 9.17) is 16.3 Å². The number of anilines is 1. The fraction of sp³-hybridized carbons (Fsp3) is 0.240. The van der Waals surface area contributed by atoms with Crippen LogP contribution in [0, 0.1) is 0 Å². The van der Waals surface area contributed by atoms with Gasteiger partial charge in [-0.05, 0) is 60.4 Å². The zero-order chi connectivity index (χ0) is 22.7. The Kier molecular flexibility index (Phi) is 6.15. The fourth-order valence-electron chi connectivity index (χ4n) is 4.07. The summed E-state index contributed by atoms with van der Waals surface area (Å²) in [7, 11) is 0. The van der Waals surface area contributed by atoms with Gasteiger partial charge in [-0.1, -0.05) is 36.7 Å². The fourth-order valence-corrected chi connectivity index (χ4v) is 4.25. The monoisotopic (exact) mass is 450 g/mol. The van der Waals surface area contributed by atoms with Gasteiger partial charge in [0.1, 0.15) is 12.4 Å². The van der Waals surface area contributed by atoms with Gasteiger partial charge in [-0.3, -0.25) is 19.7 Å². The molecule has 0 bridgehead atoms. The summed E-state index contributed by atoms with van der Waals surface area (Å²) in [6, 6.07) is 12.6. The van der Waals surface area contributed by atoms with Crippen molar-refractivity contribution in [1.82, 2.24) is 5.32 Å². The number of amides is 3. The highest BCUT2D eigenvalue weighted by Crippen LogP contribution is 2.36. The number of fused-ring (bicyclic) bond motifs is 1. The Bertz CT molecular complexity index is 1140. The van der Waals surface area contributed by atoms with E-state index in [0.29, 0.717) is 36.6 Å². The van der Waals surface area contributed by atoms with E-state index in [9.17, 15) is 14.4 Å². The maximum Gasteiger partial charge on any atom is 0.248 e. The summed E-state index contributed by atoms with van der Waals surface area (Å²) in [6.07, 6.45) is 6.49. The molecule has 2 aromatic rings. The molecule has 164 valence electrons. The van der Waals surface area contributed by atoms with Crippen LogP contribution in [-0.2, 0) is 19.8 Å². The maximum atomic E-state index is 12.5. The summed E-state index contributed by atoms with van der Waals surface area (Å²) in [6.45, 7) is 2.31. The molecule has 7 heteroatoms. The molecule has 3 amide bonds. The molecule has 2 heterocycles. The molecule has 2 N–H and O–H groups in total. The molecule has 0 radical (unpaired) electrons. The van der Waals surface area contributed by atoms with E-state index in [2.05, 4.69) is 10.6 Å². The number of nitrogens with one attached hydrogen (secondary N) is 2. The van der Waals surface area contributed by atoms with Crippen LogP contribution in [0.2, 0.25) is 5.02 Å². The number of halogens is 1. The second-order valence-corrected chi connectivity index (χ2v) is 8.34. The van der Waals surface area contributed by atoms with E-state index in [1.165, 1.54) is 6.08 Å². The molecule has 2 aromatic carbocycles. The van der Waals surface area contributed by atoms with Crippen LogP contribution in [0.5, 0.6) is 5.75 Å². The minimum absolute atomic E-state index is 0.236. The van der Waals surface area contributed by atoms with Crippen molar-refractivity contribution in [3.8, 4) is 5.75 Å². The molecule has 32 heavy (non-hydrogen) atoms. The van der Waals surface area contributed by atoms with E-state index >= 15 is 0 Å². The molecule has 4 rings (SSSR count). The molecule has 2 aliphatic heterocycles. The number of carbonyl (C=O) groups excluding carboxylic acids is 3. The highest BCUT2D eigenvalue weighted by molar-refractivity contribution is 6.30. The quantitative estimate of drug-likeness (QED) is 0.522. The third kappa shape index (κ3) is 4.46. The average molecular weight is 451 g/mol. The lowest BCUT2D eigenvalue weighted by atomic mass is 9.72. The van der Waals surface area contributed by atoms with Crippen molar-refractivity contribution in [2.45, 2.75) is 31.6 Å². The van der Waals surface area contributed by atoms with Crippen molar-refractivity contribution >= 4 is 41.1 Å². The summed E-state index contributed by atoms with van der Waals surface area (Å²) < 4.78 is 5.68. The van der Waals surface area contributed by atoms with Gasteiger partial charge in [0.2, 0.25) is 17.7 Å². The zero-order valence-corrected chi connectivity index (χ0v) is 18.4. The van der Waals surface area contributed by atoms with Crippen molar-refractivity contribution < 1.29 is 19.1 Å². The summed E-state index contributed by atoms with van der Waals surface area (Å²) in [5.41, 5.74) is 2.46. The molecule has 1 unspecified atom stereocenters. The number of ether oxygens (including phenoxy) is 1. The Hall–Kier alpha value is -3.38. The van der Waals surface area contributed by atoms with Crippen LogP contribution >= 0.6 is 11.6 Å². The second-order valence-electron chi connectivity index (χ2n) is 7.90. The predicted octanol–water partition coefficient (Wildman–Crippen LogP) is 4.40. The lowest BCUT2D eigenvalue weighted by Gasteiger charge is -2.35. The number of rotatable bonds is 5. The van der Waals surface area contributed by atoms with E-state index in [-0.39, 0.29) is 17.7 Å². The highest BCUT2D eigenvalue weighted by atomic mass is 35.5. The Morgan fingerprint density at radius 3 is 2.72 bits per heavy atom. The first-order valence-electron chi connectivity index (χ1n) is 10.5. The van der Waals surface area contributed by atoms with Crippen LogP contribution < -0.4 is 15.4 Å². The standard InChI is InChI=1S/C25H23ClN2O4/c1-2-25(12-11-23(30)28-24(25)31)18-4-7-20(8-5-18)27-22(29)10-3-16-13-17-14-19(26)6-9-21(17)32-15-16/h3-10,13-14H,2,11-12,15H2,1H3,(H,27,29)(H,28,30,31). The predicted molar refractivity (Wildman–Crippen MR) is 123 cm³/mol. The zero-order valence-electron chi connectivity index (χ0n) is 17.6. The van der Waals surface area contributed by atoms with Gasteiger partial charge in [0.15, 0.2) is 0 Å². The smallest absolute Gasteiger partial charge is 0.248 e. The normalized spacial score (nSPS) is 20.2. The van der Waals surface area contributed by atoms with Crippen molar-refractivity contribution in [3.05, 3.63) is 76.3 Å². The molecule has 1 saturated heterocycles. The lowest BCUT2D eigenvalue weighted by Crippen LogP contribution is -2.51. The van der Waals surface area contributed by atoms with Crippen molar-refractivity contribution in [2.24, 2.45) is 0 Å². The minimum Gasteiger partial charge on any atom is -0.488 e. The van der Waals surface area contributed by atoms with Gasteiger partial charge in [-0.15, -0.1) is 0 Å². The molecule has 0 aromatic heterocycles. The summed E-state index contributed by atoms with van der Waals surface area (Å²) in [5, 5.41) is 5.89. The SMILES string of the molecule is CCC1(c2ccc(NC(=O)C=CC3=Cc4cc(Cl)ccc4OC3)cc2)CCC(=O)NC1=O. The third-order valence-electron chi connectivity index (χ3n) is 5.93. The molecule has 1 atom stereocenters. The number of imide groups is 1. The molecule has 2 aliphatic rings. The van der Waals surface area contributed by atoms with Gasteiger partial charge in [0, 0.05) is 28.8 Å². The molecule has 0 saturated carbocycles. The second kappa shape index (κ2) is 9.01. The molecule has 0 aliphatic carbocycles. The van der Waals surface area contributed by atoms with Crippen LogP contribution in [0.3, 0.4) is 0 Å². The minimum atomic E-state index is -0.719. The number of carbonyl (C=O) groups is 3. The molecule has 1 fully saturated rings. The molecule has 6 nitrogen and oxygen atoms in total. The highest BCUT2D eigenvalue weighted by Gasteiger charge is 2.42. The van der Waals surface area contributed by atoms with Gasteiger partial charge < -0.3 is 10.1 Å². The Labute approximate surface area is 191 Å². The Morgan fingerprint density at radius 2 is 2.00 bits per heavy atom. The van der Waals surface area contributed by atoms with Crippen LogP contribution in [0.1, 0.15) is 37.3 Å². The van der Waals surface area contributed by atoms with Gasteiger partial charge in [-0.2, -0.15) is 0 Å². The van der Waals surface area contributed by atoms with Crippen LogP contribution in [0.25, 0.3) is 6.08 Å². The topological polar surface area (TPSA) is 84.5 Å². The Balaban J connectivity index is 1.42. The van der Waals surface area contributed by atoms with Crippen LogP contribution in [0.15, 0.2) is 60.2 Å². The molecular weight excluding hydrogens is 428 g/mol. The van der Waals surface area contributed by atoms with Crippen molar-refractivity contribution in [2.75, 3.05) is 11.9 Å². The third-order valence-corrected chi connectivity index (χ3v) is 6.17. The number of piperidine rings is 1. The lowest BCUT2D eigenvalue weighted by molar-refractivity contribution is -0.138. The molecular formula is C25H23ClN2O4. The summed E-state index contributed by atoms with van der Waals surface area (Å²) >= 11 is 6.03. The first kappa shape index (κ1) is 21.8. The summed E-state index contributed by atoms with van der Waals surface area (Å²) in [5.74, 6) is -0.0136. The van der Waals surface area contributed by atoms with Gasteiger partial charge in [0.05, 0.1) is 5.41 Å². The van der Waals surface area contributed by atoms with E-state index in [0.717, 1.165) is 22.4 Å². The van der Waals surface area contributed by atoms with Gasteiger partial charge in [0.25, 0.3) is 0 Å². The first-order valence-corrected chi connectivity index (χ1v) is 10.8. The van der Waals surface area contributed by atoms with Gasteiger partial charge >= 0.3 is 0 Å². The van der Waals surface area contributed by atoms with Crippen molar-refractivity contribution in [1.29, 1.82) is 0 Å².